The molecule has 0 atom stereocenters. The Morgan fingerprint density at radius 2 is 2.00 bits per heavy atom. The van der Waals surface area contributed by atoms with Crippen molar-refractivity contribution in [1.82, 2.24) is 9.78 Å². The first-order valence-corrected chi connectivity index (χ1v) is 4.07. The molecule has 0 radical (unpaired) electrons. The second-order valence-corrected chi connectivity index (χ2v) is 2.76. The van der Waals surface area contributed by atoms with Crippen LogP contribution in [0.5, 0.6) is 0 Å². The molecule has 70 valence electrons. The highest BCUT2D eigenvalue weighted by Gasteiger charge is 2.07. The highest BCUT2D eigenvalue weighted by atomic mass is 19.1. The largest absolute Gasteiger partial charge is 0.296 e. The van der Waals surface area contributed by atoms with E-state index in [1.165, 1.54) is 4.68 Å². The average molecular weight is 190 g/mol. The predicted octanol–water partition coefficient (Wildman–Crippen LogP) is 1.82. The van der Waals surface area contributed by atoms with Gasteiger partial charge >= 0.3 is 0 Å². The molecule has 0 saturated heterocycles. The zero-order valence-corrected chi connectivity index (χ0v) is 7.22. The van der Waals surface area contributed by atoms with E-state index in [1.807, 2.05) is 6.07 Å². The molecule has 0 N–H and O–H groups in total. The predicted molar refractivity (Wildman–Crippen MR) is 48.9 cm³/mol. The number of aldehydes is 1. The summed E-state index contributed by atoms with van der Waals surface area (Å²) >= 11 is 0. The first kappa shape index (κ1) is 8.62. The van der Waals surface area contributed by atoms with Crippen LogP contribution in [0.4, 0.5) is 4.39 Å². The normalized spacial score (nSPS) is 10.1. The maximum Gasteiger partial charge on any atom is 0.233 e. The van der Waals surface area contributed by atoms with Gasteiger partial charge in [-0.25, -0.2) is 4.68 Å². The summed E-state index contributed by atoms with van der Waals surface area (Å²) in [6, 6.07) is 10.0. The molecule has 0 saturated carbocycles. The molecule has 0 aliphatic carbocycles. The van der Waals surface area contributed by atoms with Crippen LogP contribution in [-0.2, 0) is 0 Å². The lowest BCUT2D eigenvalue weighted by atomic mass is 10.3. The van der Waals surface area contributed by atoms with Crippen LogP contribution >= 0.6 is 0 Å². The van der Waals surface area contributed by atoms with Gasteiger partial charge in [0.25, 0.3) is 0 Å². The fourth-order valence-electron chi connectivity index (χ4n) is 1.23. The van der Waals surface area contributed by atoms with Gasteiger partial charge in [-0.1, -0.05) is 18.2 Å². The van der Waals surface area contributed by atoms with Crippen LogP contribution in [-0.4, -0.2) is 16.1 Å². The number of para-hydroxylation sites is 1. The quantitative estimate of drug-likeness (QED) is 0.677. The molecule has 0 spiro atoms. The molecular formula is C10H7FN2O. The van der Waals surface area contributed by atoms with Gasteiger partial charge in [0, 0.05) is 6.07 Å². The number of aromatic nitrogens is 2. The van der Waals surface area contributed by atoms with Crippen LogP contribution in [0.1, 0.15) is 10.5 Å². The average Bonchev–Trinajstić information content (AvgIpc) is 2.61. The molecule has 3 nitrogen and oxygen atoms in total. The summed E-state index contributed by atoms with van der Waals surface area (Å²) < 4.78 is 14.0. The Morgan fingerprint density at radius 1 is 1.29 bits per heavy atom. The molecule has 0 fully saturated rings. The van der Waals surface area contributed by atoms with Crippen molar-refractivity contribution in [2.75, 3.05) is 0 Å². The van der Waals surface area contributed by atoms with E-state index >= 15 is 0 Å². The Balaban J connectivity index is 2.56. The van der Waals surface area contributed by atoms with Crippen molar-refractivity contribution in [2.24, 2.45) is 0 Å². The number of carbonyl (C=O) groups is 1. The molecular weight excluding hydrogens is 183 g/mol. The van der Waals surface area contributed by atoms with E-state index in [1.54, 1.807) is 24.3 Å². The van der Waals surface area contributed by atoms with Gasteiger partial charge in [0.2, 0.25) is 5.95 Å². The van der Waals surface area contributed by atoms with E-state index < -0.39 is 5.95 Å². The zero-order valence-electron chi connectivity index (χ0n) is 7.22. The SMILES string of the molecule is O=Cc1cc(F)nn1-c1ccccc1. The van der Waals surface area contributed by atoms with Gasteiger partial charge in [0.15, 0.2) is 6.29 Å². The molecule has 1 heterocycles. The lowest BCUT2D eigenvalue weighted by Gasteiger charge is -2.01. The van der Waals surface area contributed by atoms with Gasteiger partial charge < -0.3 is 0 Å². The number of nitrogens with zero attached hydrogens (tertiary/aromatic N) is 2. The third kappa shape index (κ3) is 1.42. The summed E-state index contributed by atoms with van der Waals surface area (Å²) in [6.07, 6.45) is 0.572. The molecule has 1 aromatic heterocycles. The highest BCUT2D eigenvalue weighted by Crippen LogP contribution is 2.09. The van der Waals surface area contributed by atoms with Crippen molar-refractivity contribution in [3.63, 3.8) is 0 Å². The topological polar surface area (TPSA) is 34.9 Å². The molecule has 0 aliphatic rings. The first-order valence-electron chi connectivity index (χ1n) is 4.07. The molecule has 0 aliphatic heterocycles. The van der Waals surface area contributed by atoms with Gasteiger partial charge in [0.1, 0.15) is 5.69 Å². The van der Waals surface area contributed by atoms with Gasteiger partial charge in [0.05, 0.1) is 5.69 Å². The van der Waals surface area contributed by atoms with Crippen molar-refractivity contribution in [3.8, 4) is 5.69 Å². The number of hydrogen-bond acceptors (Lipinski definition) is 2. The smallest absolute Gasteiger partial charge is 0.233 e. The first-order chi connectivity index (χ1) is 6.81. The van der Waals surface area contributed by atoms with Crippen LogP contribution in [0.25, 0.3) is 5.69 Å². The summed E-state index contributed by atoms with van der Waals surface area (Å²) in [5, 5.41) is 3.57. The molecule has 4 heteroatoms. The molecule has 14 heavy (non-hydrogen) atoms. The second-order valence-electron chi connectivity index (χ2n) is 2.76. The van der Waals surface area contributed by atoms with Crippen LogP contribution in [0.15, 0.2) is 36.4 Å². The van der Waals surface area contributed by atoms with Crippen molar-refractivity contribution in [2.45, 2.75) is 0 Å². The van der Waals surface area contributed by atoms with Gasteiger partial charge in [-0.05, 0) is 12.1 Å². The molecule has 2 aromatic rings. The number of rotatable bonds is 2. The molecule has 0 amide bonds. The minimum Gasteiger partial charge on any atom is -0.296 e. The summed E-state index contributed by atoms with van der Waals surface area (Å²) in [4.78, 5) is 10.6. The van der Waals surface area contributed by atoms with E-state index in [4.69, 9.17) is 0 Å². The fraction of sp³-hybridized carbons (Fsp3) is 0. The summed E-state index contributed by atoms with van der Waals surface area (Å²) in [6.45, 7) is 0. The lowest BCUT2D eigenvalue weighted by molar-refractivity contribution is 0.111. The van der Waals surface area contributed by atoms with Gasteiger partial charge in [-0.15, -0.1) is 5.10 Å². The maximum atomic E-state index is 12.8. The Hall–Kier alpha value is -1.97. The summed E-state index contributed by atoms with van der Waals surface area (Å²) in [5.41, 5.74) is 0.868. The Morgan fingerprint density at radius 3 is 2.64 bits per heavy atom. The Labute approximate surface area is 79.8 Å². The van der Waals surface area contributed by atoms with Crippen LogP contribution in [0.2, 0.25) is 0 Å². The van der Waals surface area contributed by atoms with Crippen molar-refractivity contribution < 1.29 is 9.18 Å². The Bertz CT molecular complexity index is 450. The van der Waals surface area contributed by atoms with Crippen LogP contribution < -0.4 is 0 Å². The summed E-state index contributed by atoms with van der Waals surface area (Å²) in [5.74, 6) is -0.657. The third-order valence-electron chi connectivity index (χ3n) is 1.83. The molecule has 0 bridgehead atoms. The van der Waals surface area contributed by atoms with E-state index in [0.717, 1.165) is 6.07 Å². The maximum absolute atomic E-state index is 12.8. The van der Waals surface area contributed by atoms with E-state index in [2.05, 4.69) is 5.10 Å². The number of carbonyl (C=O) groups excluding carboxylic acids is 1. The van der Waals surface area contributed by atoms with Crippen LogP contribution in [0.3, 0.4) is 0 Å². The minimum absolute atomic E-state index is 0.203. The minimum atomic E-state index is -0.657. The van der Waals surface area contributed by atoms with Crippen molar-refractivity contribution >= 4 is 6.29 Å². The van der Waals surface area contributed by atoms with E-state index in [9.17, 15) is 9.18 Å². The summed E-state index contributed by atoms with van der Waals surface area (Å²) in [7, 11) is 0. The van der Waals surface area contributed by atoms with Gasteiger partial charge in [-0.2, -0.15) is 4.39 Å². The van der Waals surface area contributed by atoms with E-state index in [-0.39, 0.29) is 5.69 Å². The molecule has 1 aromatic carbocycles. The Kier molecular flexibility index (Phi) is 2.10. The highest BCUT2D eigenvalue weighted by molar-refractivity contribution is 5.73. The fourth-order valence-corrected chi connectivity index (χ4v) is 1.23. The number of hydrogen-bond donors (Lipinski definition) is 0. The monoisotopic (exact) mass is 190 g/mol. The lowest BCUT2D eigenvalue weighted by Crippen LogP contribution is -2.00. The second kappa shape index (κ2) is 3.41. The number of benzene rings is 1. The van der Waals surface area contributed by atoms with Crippen LogP contribution in [0, 0.1) is 5.95 Å². The van der Waals surface area contributed by atoms with Crippen molar-refractivity contribution in [1.29, 1.82) is 0 Å². The number of halogens is 1. The third-order valence-corrected chi connectivity index (χ3v) is 1.83. The molecule has 0 unspecified atom stereocenters. The van der Waals surface area contributed by atoms with Gasteiger partial charge in [-0.3, -0.25) is 4.79 Å². The molecule has 2 rings (SSSR count). The van der Waals surface area contributed by atoms with E-state index in [0.29, 0.717) is 12.0 Å². The standard InChI is InChI=1S/C10H7FN2O/c11-10-6-9(7-14)13(12-10)8-4-2-1-3-5-8/h1-7H. The van der Waals surface area contributed by atoms with Crippen molar-refractivity contribution in [3.05, 3.63) is 48.0 Å². The zero-order chi connectivity index (χ0) is 9.97.